The van der Waals surface area contributed by atoms with Crippen LogP contribution in [0.2, 0.25) is 18.1 Å². The molecule has 0 saturated carbocycles. The number of nitrogens with zero attached hydrogens (tertiary/aromatic N) is 2. The van der Waals surface area contributed by atoms with E-state index in [1.165, 1.54) is 12.7 Å². The lowest BCUT2D eigenvalue weighted by molar-refractivity contribution is -0.111. The molecule has 0 spiro atoms. The zero-order valence-corrected chi connectivity index (χ0v) is 15.7. The molecule has 120 valence electrons. The van der Waals surface area contributed by atoms with Gasteiger partial charge in [0.1, 0.15) is 7.11 Å². The van der Waals surface area contributed by atoms with E-state index in [0.717, 1.165) is 17.7 Å². The maximum absolute atomic E-state index is 13.0. The fourth-order valence-corrected chi connectivity index (χ4v) is 4.67. The molecule has 5 heteroatoms. The second-order valence-corrected chi connectivity index (χ2v) is 12.3. The van der Waals surface area contributed by atoms with E-state index in [2.05, 4.69) is 64.1 Å². The van der Waals surface area contributed by atoms with Crippen molar-refractivity contribution in [1.29, 1.82) is 0 Å². The van der Waals surface area contributed by atoms with Gasteiger partial charge >= 0.3 is 0 Å². The van der Waals surface area contributed by atoms with Gasteiger partial charge in [-0.05, 0) is 29.2 Å². The van der Waals surface area contributed by atoms with Crippen LogP contribution < -0.4 is 4.57 Å². The average Bonchev–Trinajstić information content (AvgIpc) is 2.70. The molecule has 1 aromatic carbocycles. The van der Waals surface area contributed by atoms with E-state index < -0.39 is 8.24 Å². The van der Waals surface area contributed by atoms with Crippen LogP contribution in [0.1, 0.15) is 38.8 Å². The Labute approximate surface area is 134 Å². The van der Waals surface area contributed by atoms with Crippen molar-refractivity contribution in [1.82, 2.24) is 0 Å². The molecule has 1 aromatic rings. The van der Waals surface area contributed by atoms with Gasteiger partial charge < -0.3 is 9.40 Å². The van der Waals surface area contributed by atoms with Crippen LogP contribution in [-0.2, 0) is 16.1 Å². The number of fused-ring (bicyclic) bond motifs is 1. The Morgan fingerprint density at radius 3 is 2.41 bits per heavy atom. The normalized spacial score (nSPS) is 17.1. The first-order valence-corrected chi connectivity index (χ1v) is 10.7. The fourth-order valence-electron chi connectivity index (χ4n) is 2.59. The van der Waals surface area contributed by atoms with Crippen LogP contribution in [0.3, 0.4) is 0 Å². The first-order chi connectivity index (χ1) is 10.1. The third kappa shape index (κ3) is 2.47. The van der Waals surface area contributed by atoms with Gasteiger partial charge in [-0.2, -0.15) is 0 Å². The third-order valence-electron chi connectivity index (χ3n) is 4.95. The summed E-state index contributed by atoms with van der Waals surface area (Å²) >= 11 is 0. The molecule has 0 aromatic heterocycles. The standard InChI is InChI=1S/C17H26N2O2Si/c1-8-12-9-10-14-13(11-12)15(18-21-5)16(20)19(14)22(6,7)17(2,3)4/h9-11H,8H2,1-7H3/b18-15-. The molecule has 0 radical (unpaired) electrons. The summed E-state index contributed by atoms with van der Waals surface area (Å²) in [6, 6.07) is 6.23. The molecule has 0 unspecified atom stereocenters. The Morgan fingerprint density at radius 2 is 1.91 bits per heavy atom. The predicted octanol–water partition coefficient (Wildman–Crippen LogP) is 3.95. The van der Waals surface area contributed by atoms with Crippen LogP contribution >= 0.6 is 0 Å². The maximum Gasteiger partial charge on any atom is 0.273 e. The molecule has 1 amide bonds. The molecule has 0 bridgehead atoms. The lowest BCUT2D eigenvalue weighted by atomic mass is 10.1. The van der Waals surface area contributed by atoms with Gasteiger partial charge in [0, 0.05) is 11.3 Å². The maximum atomic E-state index is 13.0. The highest BCUT2D eigenvalue weighted by Crippen LogP contribution is 2.44. The van der Waals surface area contributed by atoms with Crippen LogP contribution in [0.25, 0.3) is 0 Å². The van der Waals surface area contributed by atoms with Crippen LogP contribution in [-0.4, -0.2) is 27.0 Å². The van der Waals surface area contributed by atoms with Crippen molar-refractivity contribution in [2.45, 2.75) is 52.2 Å². The molecule has 2 rings (SSSR count). The SMILES string of the molecule is CCc1ccc2c(c1)/C(=N/OC)C(=O)N2[Si](C)(C)C(C)(C)C. The third-order valence-corrected chi connectivity index (χ3v) is 10.2. The minimum atomic E-state index is -2.04. The highest BCUT2D eigenvalue weighted by atomic mass is 28.3. The number of carbonyl (C=O) groups is 1. The van der Waals surface area contributed by atoms with Crippen molar-refractivity contribution >= 4 is 25.5 Å². The van der Waals surface area contributed by atoms with Gasteiger partial charge in [0.15, 0.2) is 13.9 Å². The van der Waals surface area contributed by atoms with Gasteiger partial charge in [0.2, 0.25) is 0 Å². The molecular formula is C17H26N2O2Si. The van der Waals surface area contributed by atoms with Crippen LogP contribution in [0.5, 0.6) is 0 Å². The van der Waals surface area contributed by atoms with E-state index >= 15 is 0 Å². The summed E-state index contributed by atoms with van der Waals surface area (Å²) in [7, 11) is -0.552. The van der Waals surface area contributed by atoms with Crippen molar-refractivity contribution < 1.29 is 9.63 Å². The van der Waals surface area contributed by atoms with Crippen molar-refractivity contribution in [3.05, 3.63) is 29.3 Å². The summed E-state index contributed by atoms with van der Waals surface area (Å²) < 4.78 is 2.00. The lowest BCUT2D eigenvalue weighted by Gasteiger charge is -2.43. The number of hydrogen-bond donors (Lipinski definition) is 0. The molecule has 0 N–H and O–H groups in total. The zero-order valence-electron chi connectivity index (χ0n) is 14.7. The Bertz CT molecular complexity index is 630. The minimum absolute atomic E-state index is 0.0308. The average molecular weight is 318 g/mol. The molecule has 0 fully saturated rings. The quantitative estimate of drug-likeness (QED) is 0.625. The Morgan fingerprint density at radius 1 is 1.27 bits per heavy atom. The molecule has 22 heavy (non-hydrogen) atoms. The molecule has 1 heterocycles. The van der Waals surface area contributed by atoms with Crippen LogP contribution in [0, 0.1) is 0 Å². The van der Waals surface area contributed by atoms with Crippen molar-refractivity contribution in [2.24, 2.45) is 5.16 Å². The highest BCUT2D eigenvalue weighted by molar-refractivity contribution is 6.90. The summed E-state index contributed by atoms with van der Waals surface area (Å²) in [6.45, 7) is 13.2. The number of carbonyl (C=O) groups excluding carboxylic acids is 1. The van der Waals surface area contributed by atoms with E-state index in [1.54, 1.807) is 0 Å². The number of oxime groups is 1. The van der Waals surface area contributed by atoms with E-state index in [4.69, 9.17) is 4.84 Å². The van der Waals surface area contributed by atoms with Crippen LogP contribution in [0.4, 0.5) is 5.69 Å². The number of hydrogen-bond acceptors (Lipinski definition) is 3. The van der Waals surface area contributed by atoms with E-state index in [-0.39, 0.29) is 10.9 Å². The van der Waals surface area contributed by atoms with Gasteiger partial charge in [0.05, 0.1) is 0 Å². The Balaban J connectivity index is 2.66. The number of rotatable bonds is 3. The minimum Gasteiger partial charge on any atom is -0.398 e. The smallest absolute Gasteiger partial charge is 0.273 e. The Hall–Kier alpha value is -1.62. The van der Waals surface area contributed by atoms with Gasteiger partial charge in [0.25, 0.3) is 5.91 Å². The number of aryl methyl sites for hydroxylation is 1. The summed E-state index contributed by atoms with van der Waals surface area (Å²) in [4.78, 5) is 17.9. The molecule has 1 aliphatic heterocycles. The molecule has 0 atom stereocenters. The molecule has 4 nitrogen and oxygen atoms in total. The lowest BCUT2D eigenvalue weighted by Crippen LogP contribution is -2.57. The van der Waals surface area contributed by atoms with Crippen molar-refractivity contribution in [3.63, 3.8) is 0 Å². The van der Waals surface area contributed by atoms with E-state index in [0.29, 0.717) is 5.71 Å². The van der Waals surface area contributed by atoms with Crippen LogP contribution in [0.15, 0.2) is 23.4 Å². The van der Waals surface area contributed by atoms with Crippen molar-refractivity contribution in [2.75, 3.05) is 11.7 Å². The first kappa shape index (κ1) is 16.7. The predicted molar refractivity (Wildman–Crippen MR) is 94.0 cm³/mol. The molecule has 0 saturated heterocycles. The number of amides is 1. The summed E-state index contributed by atoms with van der Waals surface area (Å²) in [5.74, 6) is -0.0308. The first-order valence-electron chi connectivity index (χ1n) is 7.74. The van der Waals surface area contributed by atoms with E-state index in [1.807, 2.05) is 4.57 Å². The number of benzene rings is 1. The molecule has 1 aliphatic rings. The van der Waals surface area contributed by atoms with Crippen molar-refractivity contribution in [3.8, 4) is 0 Å². The van der Waals surface area contributed by atoms with Gasteiger partial charge in [-0.25, -0.2) is 0 Å². The monoisotopic (exact) mass is 318 g/mol. The number of anilines is 1. The second kappa shape index (κ2) is 5.54. The fraction of sp³-hybridized carbons (Fsp3) is 0.529. The summed E-state index contributed by atoms with van der Waals surface area (Å²) in [5.41, 5.74) is 3.51. The van der Waals surface area contributed by atoms with Gasteiger partial charge in [-0.15, -0.1) is 0 Å². The molecule has 0 aliphatic carbocycles. The topological polar surface area (TPSA) is 41.9 Å². The van der Waals surface area contributed by atoms with E-state index in [9.17, 15) is 4.79 Å². The zero-order chi connectivity index (χ0) is 16.7. The summed E-state index contributed by atoms with van der Waals surface area (Å²) in [6.07, 6.45) is 0.932. The summed E-state index contributed by atoms with van der Waals surface area (Å²) in [5, 5.41) is 4.08. The Kier molecular flexibility index (Phi) is 4.21. The molecular weight excluding hydrogens is 292 g/mol. The highest BCUT2D eigenvalue weighted by Gasteiger charge is 2.49. The largest absolute Gasteiger partial charge is 0.398 e. The second-order valence-electron chi connectivity index (χ2n) is 7.28. The van der Waals surface area contributed by atoms with Gasteiger partial charge in [-0.3, -0.25) is 4.79 Å². The van der Waals surface area contributed by atoms with Gasteiger partial charge in [-0.1, -0.05) is 52.0 Å².